The van der Waals surface area contributed by atoms with Crippen LogP contribution in [0.4, 0.5) is 5.69 Å². The van der Waals surface area contributed by atoms with Crippen LogP contribution in [0, 0.1) is 6.92 Å². The number of aryl methyl sites for hydroxylation is 1. The van der Waals surface area contributed by atoms with Crippen molar-refractivity contribution in [1.29, 1.82) is 0 Å². The Hall–Kier alpha value is -3.48. The number of carbonyl (C=O) groups excluding carboxylic acids is 1. The summed E-state index contributed by atoms with van der Waals surface area (Å²) in [5.41, 5.74) is 0.849. The van der Waals surface area contributed by atoms with Gasteiger partial charge in [-0.05, 0) is 25.1 Å². The van der Waals surface area contributed by atoms with Gasteiger partial charge in [0.05, 0.1) is 0 Å². The van der Waals surface area contributed by atoms with Gasteiger partial charge in [-0.25, -0.2) is 14.8 Å². The summed E-state index contributed by atoms with van der Waals surface area (Å²) < 4.78 is 5.31. The van der Waals surface area contributed by atoms with Gasteiger partial charge in [0.2, 0.25) is 0 Å². The van der Waals surface area contributed by atoms with Gasteiger partial charge in [0, 0.05) is 22.7 Å². The highest BCUT2D eigenvalue weighted by Gasteiger charge is 2.12. The first-order valence-electron chi connectivity index (χ1n) is 7.52. The molecule has 25 heavy (non-hydrogen) atoms. The van der Waals surface area contributed by atoms with Gasteiger partial charge in [-0.3, -0.25) is 4.79 Å². The zero-order valence-electron chi connectivity index (χ0n) is 13.4. The number of ether oxygens (including phenoxy) is 1. The predicted octanol–water partition coefficient (Wildman–Crippen LogP) is 2.65. The molecular formula is C18H15N3O4. The molecule has 3 aromatic rings. The zero-order chi connectivity index (χ0) is 17.8. The topological polar surface area (TPSA) is 101 Å². The molecule has 0 aliphatic heterocycles. The van der Waals surface area contributed by atoms with Gasteiger partial charge in [0.25, 0.3) is 5.91 Å². The second-order valence-electron chi connectivity index (χ2n) is 5.28. The highest BCUT2D eigenvalue weighted by Crippen LogP contribution is 2.31. The molecule has 0 radical (unpaired) electrons. The van der Waals surface area contributed by atoms with E-state index < -0.39 is 12.6 Å². The van der Waals surface area contributed by atoms with E-state index in [-0.39, 0.29) is 11.6 Å². The average molecular weight is 337 g/mol. The van der Waals surface area contributed by atoms with Gasteiger partial charge in [-0.2, -0.15) is 0 Å². The largest absolute Gasteiger partial charge is 0.481 e. The molecule has 126 valence electrons. The number of rotatable bonds is 5. The fraction of sp³-hybridized carbons (Fsp3) is 0.111. The van der Waals surface area contributed by atoms with Crippen molar-refractivity contribution in [1.82, 2.24) is 9.97 Å². The molecule has 1 amide bonds. The third-order valence-electron chi connectivity index (χ3n) is 3.49. The average Bonchev–Trinajstić information content (AvgIpc) is 2.61. The van der Waals surface area contributed by atoms with Crippen LogP contribution in [0.15, 0.2) is 48.7 Å². The number of aromatic nitrogens is 2. The molecule has 0 unspecified atom stereocenters. The number of amides is 1. The van der Waals surface area contributed by atoms with Crippen molar-refractivity contribution in [2.24, 2.45) is 0 Å². The Morgan fingerprint density at radius 1 is 1.12 bits per heavy atom. The number of anilines is 1. The lowest BCUT2D eigenvalue weighted by atomic mass is 10.1. The van der Waals surface area contributed by atoms with Crippen molar-refractivity contribution in [2.75, 3.05) is 11.9 Å². The predicted molar refractivity (Wildman–Crippen MR) is 91.8 cm³/mol. The molecule has 0 fully saturated rings. The maximum Gasteiger partial charge on any atom is 0.341 e. The van der Waals surface area contributed by atoms with Gasteiger partial charge >= 0.3 is 5.97 Å². The Bertz CT molecular complexity index is 956. The number of nitrogens with zero attached hydrogens (tertiary/aromatic N) is 2. The quantitative estimate of drug-likeness (QED) is 0.742. The minimum atomic E-state index is -1.06. The van der Waals surface area contributed by atoms with Gasteiger partial charge in [-0.1, -0.05) is 24.3 Å². The minimum Gasteiger partial charge on any atom is -0.481 e. The maximum absolute atomic E-state index is 12.4. The van der Waals surface area contributed by atoms with Crippen molar-refractivity contribution >= 4 is 28.3 Å². The molecule has 0 spiro atoms. The summed E-state index contributed by atoms with van der Waals surface area (Å²) in [4.78, 5) is 31.2. The van der Waals surface area contributed by atoms with Crippen LogP contribution < -0.4 is 10.1 Å². The molecule has 2 N–H and O–H groups in total. The van der Waals surface area contributed by atoms with Gasteiger partial charge in [0.15, 0.2) is 6.61 Å². The number of aliphatic carboxylic acids is 1. The van der Waals surface area contributed by atoms with Crippen LogP contribution in [0.3, 0.4) is 0 Å². The van der Waals surface area contributed by atoms with E-state index in [1.165, 1.54) is 12.3 Å². The van der Waals surface area contributed by atoms with E-state index >= 15 is 0 Å². The van der Waals surface area contributed by atoms with Gasteiger partial charge in [-0.15, -0.1) is 0 Å². The molecule has 1 heterocycles. The Kier molecular flexibility index (Phi) is 4.56. The zero-order valence-corrected chi connectivity index (χ0v) is 13.4. The first-order valence-corrected chi connectivity index (χ1v) is 7.52. The number of carboxylic acid groups (broad SMARTS) is 1. The van der Waals surface area contributed by atoms with Crippen molar-refractivity contribution in [2.45, 2.75) is 6.92 Å². The van der Waals surface area contributed by atoms with E-state index in [1.807, 2.05) is 18.2 Å². The number of hydrogen-bond acceptors (Lipinski definition) is 5. The molecule has 7 nitrogen and oxygen atoms in total. The summed E-state index contributed by atoms with van der Waals surface area (Å²) in [5, 5.41) is 13.0. The van der Waals surface area contributed by atoms with E-state index in [1.54, 1.807) is 25.1 Å². The molecule has 2 aromatic carbocycles. The Morgan fingerprint density at radius 2 is 1.88 bits per heavy atom. The van der Waals surface area contributed by atoms with Crippen LogP contribution >= 0.6 is 0 Å². The van der Waals surface area contributed by atoms with Gasteiger partial charge < -0.3 is 15.2 Å². The summed E-state index contributed by atoms with van der Waals surface area (Å²) in [5.74, 6) is -0.459. The molecule has 7 heteroatoms. The highest BCUT2D eigenvalue weighted by molar-refractivity contribution is 6.09. The first-order chi connectivity index (χ1) is 12.0. The number of carboxylic acids is 1. The Morgan fingerprint density at radius 3 is 2.60 bits per heavy atom. The summed E-state index contributed by atoms with van der Waals surface area (Å²) in [6.07, 6.45) is 1.53. The molecule has 1 aromatic heterocycles. The fourth-order valence-corrected chi connectivity index (χ4v) is 2.41. The van der Waals surface area contributed by atoms with Crippen LogP contribution in [0.1, 0.15) is 16.3 Å². The highest BCUT2D eigenvalue weighted by atomic mass is 16.5. The van der Waals surface area contributed by atoms with Crippen molar-refractivity contribution in [3.8, 4) is 5.75 Å². The van der Waals surface area contributed by atoms with Crippen molar-refractivity contribution < 1.29 is 19.4 Å². The monoisotopic (exact) mass is 337 g/mol. The smallest absolute Gasteiger partial charge is 0.341 e. The van der Waals surface area contributed by atoms with Gasteiger partial charge in [0.1, 0.15) is 17.3 Å². The molecule has 0 atom stereocenters. The third-order valence-corrected chi connectivity index (χ3v) is 3.49. The Labute approximate surface area is 143 Å². The van der Waals surface area contributed by atoms with Crippen molar-refractivity contribution in [3.63, 3.8) is 0 Å². The summed E-state index contributed by atoms with van der Waals surface area (Å²) in [6.45, 7) is 1.27. The number of hydrogen-bond donors (Lipinski definition) is 2. The lowest BCUT2D eigenvalue weighted by molar-refractivity contribution is -0.139. The van der Waals surface area contributed by atoms with Crippen LogP contribution in [-0.2, 0) is 4.79 Å². The van der Waals surface area contributed by atoms with E-state index in [0.717, 1.165) is 5.39 Å². The SMILES string of the molecule is Cc1nccc(C(=O)Nc2ccc(OCC(=O)O)c3ccccc23)n1. The normalized spacial score (nSPS) is 10.4. The van der Waals surface area contributed by atoms with E-state index in [4.69, 9.17) is 9.84 Å². The van der Waals surface area contributed by atoms with Crippen molar-refractivity contribution in [3.05, 3.63) is 60.2 Å². The number of benzene rings is 2. The number of carbonyl (C=O) groups is 2. The third kappa shape index (κ3) is 3.72. The molecule has 0 aliphatic carbocycles. The van der Waals surface area contributed by atoms with Crippen LogP contribution in [0.2, 0.25) is 0 Å². The molecule has 3 rings (SSSR count). The molecule has 0 bridgehead atoms. The van der Waals surface area contributed by atoms with Crippen LogP contribution in [0.25, 0.3) is 10.8 Å². The van der Waals surface area contributed by atoms with E-state index in [2.05, 4.69) is 15.3 Å². The summed E-state index contributed by atoms with van der Waals surface area (Å²) in [7, 11) is 0. The maximum atomic E-state index is 12.4. The second kappa shape index (κ2) is 6.96. The summed E-state index contributed by atoms with van der Waals surface area (Å²) >= 11 is 0. The molecule has 0 saturated carbocycles. The number of fused-ring (bicyclic) bond motifs is 1. The second-order valence-corrected chi connectivity index (χ2v) is 5.28. The molecule has 0 aliphatic rings. The first kappa shape index (κ1) is 16.4. The van der Waals surface area contributed by atoms with E-state index in [0.29, 0.717) is 22.6 Å². The number of nitrogens with one attached hydrogen (secondary N) is 1. The Balaban J connectivity index is 1.93. The van der Waals surface area contributed by atoms with Crippen LogP contribution in [-0.4, -0.2) is 33.6 Å². The molecular weight excluding hydrogens is 322 g/mol. The minimum absolute atomic E-state index is 0.266. The standard InChI is InChI=1S/C18H15N3O4/c1-11-19-9-8-15(20-11)18(24)21-14-6-7-16(25-10-17(22)23)13-5-3-2-4-12(13)14/h2-9H,10H2,1H3,(H,21,24)(H,22,23). The van der Waals surface area contributed by atoms with E-state index in [9.17, 15) is 9.59 Å². The lowest BCUT2D eigenvalue weighted by Crippen LogP contribution is -2.15. The fourth-order valence-electron chi connectivity index (χ4n) is 2.41. The molecule has 0 saturated heterocycles. The van der Waals surface area contributed by atoms with Crippen LogP contribution in [0.5, 0.6) is 5.75 Å². The lowest BCUT2D eigenvalue weighted by Gasteiger charge is -2.12. The summed E-state index contributed by atoms with van der Waals surface area (Å²) in [6, 6.07) is 12.1.